The standard InChI is InChI=1S/C17H11Cl2N3OS/c18-12-3-1-10-5-17(22-15(10)6-12)24-9-16(23)21-13-4-2-11(8-20)14(19)7-13/h1-4,6-7H,5,9H2,(H,21,23). The molecule has 1 heterocycles. The third-order valence-corrected chi connectivity index (χ3v) is 4.90. The quantitative estimate of drug-likeness (QED) is 0.835. The van der Waals surface area contributed by atoms with Crippen molar-refractivity contribution in [1.29, 1.82) is 5.26 Å². The number of nitriles is 1. The fraction of sp³-hybridized carbons (Fsp3) is 0.118. The number of rotatable bonds is 3. The smallest absolute Gasteiger partial charge is 0.234 e. The highest BCUT2D eigenvalue weighted by atomic mass is 35.5. The molecule has 3 rings (SSSR count). The van der Waals surface area contributed by atoms with Gasteiger partial charge in [-0.1, -0.05) is 29.3 Å². The van der Waals surface area contributed by atoms with E-state index < -0.39 is 0 Å². The van der Waals surface area contributed by atoms with E-state index in [2.05, 4.69) is 10.3 Å². The zero-order valence-electron chi connectivity index (χ0n) is 12.3. The predicted octanol–water partition coefficient (Wildman–Crippen LogP) is 4.82. The van der Waals surface area contributed by atoms with Gasteiger partial charge in [-0.15, -0.1) is 11.8 Å². The molecule has 0 bridgehead atoms. The van der Waals surface area contributed by atoms with Gasteiger partial charge in [0.05, 0.1) is 27.1 Å². The third kappa shape index (κ3) is 3.90. The van der Waals surface area contributed by atoms with Crippen LogP contribution in [0.25, 0.3) is 0 Å². The van der Waals surface area contributed by atoms with Gasteiger partial charge in [-0.3, -0.25) is 4.79 Å². The number of hydrogen-bond acceptors (Lipinski definition) is 4. The highest BCUT2D eigenvalue weighted by Crippen LogP contribution is 2.32. The summed E-state index contributed by atoms with van der Waals surface area (Å²) in [5, 5.41) is 13.5. The molecule has 1 N–H and O–H groups in total. The van der Waals surface area contributed by atoms with E-state index in [0.717, 1.165) is 16.3 Å². The predicted molar refractivity (Wildman–Crippen MR) is 99.5 cm³/mol. The first-order valence-corrected chi connectivity index (χ1v) is 8.77. The van der Waals surface area contributed by atoms with Crippen molar-refractivity contribution >= 4 is 57.3 Å². The Morgan fingerprint density at radius 1 is 1.29 bits per heavy atom. The van der Waals surface area contributed by atoms with Gasteiger partial charge in [-0.25, -0.2) is 4.99 Å². The number of halogens is 2. The molecule has 0 aromatic heterocycles. The molecule has 0 radical (unpaired) electrons. The zero-order chi connectivity index (χ0) is 17.1. The van der Waals surface area contributed by atoms with Crippen LogP contribution in [0.4, 0.5) is 11.4 Å². The Hall–Kier alpha value is -2.00. The van der Waals surface area contributed by atoms with E-state index in [9.17, 15) is 4.79 Å². The fourth-order valence-corrected chi connectivity index (χ4v) is 3.42. The molecule has 0 saturated heterocycles. The summed E-state index contributed by atoms with van der Waals surface area (Å²) >= 11 is 13.3. The van der Waals surface area contributed by atoms with Crippen molar-refractivity contribution < 1.29 is 4.79 Å². The number of fused-ring (bicyclic) bond motifs is 1. The lowest BCUT2D eigenvalue weighted by Gasteiger charge is -2.06. The number of carbonyl (C=O) groups is 1. The first-order chi connectivity index (χ1) is 11.5. The van der Waals surface area contributed by atoms with Crippen molar-refractivity contribution in [2.24, 2.45) is 4.99 Å². The Kier molecular flexibility index (Phi) is 5.10. The van der Waals surface area contributed by atoms with Crippen LogP contribution in [-0.4, -0.2) is 16.7 Å². The first-order valence-electron chi connectivity index (χ1n) is 7.03. The van der Waals surface area contributed by atoms with Crippen LogP contribution in [-0.2, 0) is 11.2 Å². The van der Waals surface area contributed by atoms with Crippen molar-refractivity contribution in [3.63, 3.8) is 0 Å². The summed E-state index contributed by atoms with van der Waals surface area (Å²) in [7, 11) is 0. The molecule has 1 aliphatic rings. The van der Waals surface area contributed by atoms with Crippen LogP contribution in [0, 0.1) is 11.3 Å². The number of anilines is 1. The number of hydrogen-bond donors (Lipinski definition) is 1. The fourth-order valence-electron chi connectivity index (χ4n) is 2.24. The van der Waals surface area contributed by atoms with Gasteiger partial charge < -0.3 is 5.32 Å². The molecular weight excluding hydrogens is 365 g/mol. The minimum Gasteiger partial charge on any atom is -0.325 e. The van der Waals surface area contributed by atoms with Gasteiger partial charge in [0.15, 0.2) is 0 Å². The average Bonchev–Trinajstić information content (AvgIpc) is 2.95. The molecular formula is C17H11Cl2N3OS. The topological polar surface area (TPSA) is 65.2 Å². The summed E-state index contributed by atoms with van der Waals surface area (Å²) in [4.78, 5) is 16.5. The summed E-state index contributed by atoms with van der Waals surface area (Å²) in [5.41, 5.74) is 2.92. The molecule has 0 fully saturated rings. The maximum absolute atomic E-state index is 12.0. The Bertz CT molecular complexity index is 890. The number of thioether (sulfide) groups is 1. The molecule has 0 atom stereocenters. The van der Waals surface area contributed by atoms with E-state index in [4.69, 9.17) is 28.5 Å². The number of nitrogens with zero attached hydrogens (tertiary/aromatic N) is 2. The van der Waals surface area contributed by atoms with E-state index in [-0.39, 0.29) is 11.7 Å². The van der Waals surface area contributed by atoms with Gasteiger partial charge in [0.1, 0.15) is 6.07 Å². The highest BCUT2D eigenvalue weighted by molar-refractivity contribution is 8.14. The lowest BCUT2D eigenvalue weighted by molar-refractivity contribution is -0.113. The summed E-state index contributed by atoms with van der Waals surface area (Å²) in [6, 6.07) is 12.4. The molecule has 0 aliphatic carbocycles. The highest BCUT2D eigenvalue weighted by Gasteiger charge is 2.16. The number of aliphatic imine (C=N–C) groups is 1. The number of amides is 1. The average molecular weight is 376 g/mol. The molecule has 24 heavy (non-hydrogen) atoms. The van der Waals surface area contributed by atoms with Crippen LogP contribution >= 0.6 is 35.0 Å². The Balaban J connectivity index is 1.56. The maximum Gasteiger partial charge on any atom is 0.234 e. The first kappa shape index (κ1) is 16.8. The largest absolute Gasteiger partial charge is 0.325 e. The normalized spacial score (nSPS) is 12.3. The van der Waals surface area contributed by atoms with E-state index in [1.165, 1.54) is 11.8 Å². The number of benzene rings is 2. The molecule has 0 unspecified atom stereocenters. The van der Waals surface area contributed by atoms with Gasteiger partial charge in [-0.05, 0) is 35.9 Å². The van der Waals surface area contributed by atoms with Crippen LogP contribution in [0.1, 0.15) is 11.1 Å². The second-order valence-corrected chi connectivity index (χ2v) is 6.99. The van der Waals surface area contributed by atoms with Crippen LogP contribution < -0.4 is 5.32 Å². The Morgan fingerprint density at radius 3 is 2.88 bits per heavy atom. The van der Waals surface area contributed by atoms with Gasteiger partial charge in [0.2, 0.25) is 5.91 Å². The van der Waals surface area contributed by atoms with Crippen LogP contribution in [0.5, 0.6) is 0 Å². The second-order valence-electron chi connectivity index (χ2n) is 5.10. The van der Waals surface area contributed by atoms with Gasteiger partial charge in [0.25, 0.3) is 0 Å². The van der Waals surface area contributed by atoms with E-state index >= 15 is 0 Å². The minimum atomic E-state index is -0.155. The van der Waals surface area contributed by atoms with Crippen LogP contribution in [0.2, 0.25) is 10.0 Å². The molecule has 2 aromatic rings. The van der Waals surface area contributed by atoms with Crippen molar-refractivity contribution in [3.8, 4) is 6.07 Å². The van der Waals surface area contributed by atoms with Crippen molar-refractivity contribution in [3.05, 3.63) is 57.6 Å². The van der Waals surface area contributed by atoms with Gasteiger partial charge >= 0.3 is 0 Å². The summed E-state index contributed by atoms with van der Waals surface area (Å²) in [6.07, 6.45) is 0.715. The minimum absolute atomic E-state index is 0.155. The molecule has 0 saturated carbocycles. The monoisotopic (exact) mass is 375 g/mol. The maximum atomic E-state index is 12.0. The Labute approximate surface area is 153 Å². The Morgan fingerprint density at radius 2 is 2.12 bits per heavy atom. The molecule has 1 aliphatic heterocycles. The summed E-state index contributed by atoms with van der Waals surface area (Å²) in [5.74, 6) is 0.0931. The molecule has 7 heteroatoms. The molecule has 120 valence electrons. The van der Waals surface area contributed by atoms with Crippen LogP contribution in [0.15, 0.2) is 41.4 Å². The van der Waals surface area contributed by atoms with Gasteiger partial charge in [-0.2, -0.15) is 5.26 Å². The van der Waals surface area contributed by atoms with Gasteiger partial charge in [0, 0.05) is 17.1 Å². The summed E-state index contributed by atoms with van der Waals surface area (Å²) < 4.78 is 0. The van der Waals surface area contributed by atoms with Crippen molar-refractivity contribution in [1.82, 2.24) is 0 Å². The number of carbonyl (C=O) groups excluding carboxylic acids is 1. The van der Waals surface area contributed by atoms with Crippen molar-refractivity contribution in [2.75, 3.05) is 11.1 Å². The third-order valence-electron chi connectivity index (χ3n) is 3.38. The summed E-state index contributed by atoms with van der Waals surface area (Å²) in [6.45, 7) is 0. The molecule has 0 spiro atoms. The lowest BCUT2D eigenvalue weighted by Crippen LogP contribution is -2.15. The molecule has 4 nitrogen and oxygen atoms in total. The van der Waals surface area contributed by atoms with E-state index in [1.807, 2.05) is 24.3 Å². The second kappa shape index (κ2) is 7.27. The molecule has 1 amide bonds. The van der Waals surface area contributed by atoms with E-state index in [0.29, 0.717) is 27.7 Å². The lowest BCUT2D eigenvalue weighted by atomic mass is 10.2. The van der Waals surface area contributed by atoms with E-state index in [1.54, 1.807) is 18.2 Å². The zero-order valence-corrected chi connectivity index (χ0v) is 14.7. The van der Waals surface area contributed by atoms with Crippen molar-refractivity contribution in [2.45, 2.75) is 6.42 Å². The number of nitrogens with one attached hydrogen (secondary N) is 1. The molecule has 2 aromatic carbocycles. The SMILES string of the molecule is N#Cc1ccc(NC(=O)CSC2=Nc3cc(Cl)ccc3C2)cc1Cl. The van der Waals surface area contributed by atoms with Crippen LogP contribution in [0.3, 0.4) is 0 Å².